The molecule has 0 spiro atoms. The average Bonchev–Trinajstić information content (AvgIpc) is 2.95. The summed E-state index contributed by atoms with van der Waals surface area (Å²) in [6.45, 7) is 0.785. The summed E-state index contributed by atoms with van der Waals surface area (Å²) in [4.78, 5) is 4.45. The molecule has 2 aromatic heterocycles. The normalized spacial score (nSPS) is 12.4. The number of benzene rings is 1. The van der Waals surface area contributed by atoms with E-state index >= 15 is 0 Å². The molecule has 1 aromatic carbocycles. The van der Waals surface area contributed by atoms with Crippen molar-refractivity contribution in [2.45, 2.75) is 12.5 Å². The molecule has 0 saturated heterocycles. The van der Waals surface area contributed by atoms with Crippen molar-refractivity contribution in [3.63, 3.8) is 0 Å². The molecule has 0 saturated carbocycles. The Kier molecular flexibility index (Phi) is 3.60. The lowest BCUT2D eigenvalue weighted by Crippen LogP contribution is -2.15. The van der Waals surface area contributed by atoms with Crippen LogP contribution >= 0.6 is 0 Å². The van der Waals surface area contributed by atoms with Gasteiger partial charge in [0.05, 0.1) is 6.20 Å². The van der Waals surface area contributed by atoms with Crippen LogP contribution in [-0.2, 0) is 0 Å². The van der Waals surface area contributed by atoms with Gasteiger partial charge in [0.15, 0.2) is 5.65 Å². The van der Waals surface area contributed by atoms with Crippen molar-refractivity contribution in [3.05, 3.63) is 60.4 Å². The van der Waals surface area contributed by atoms with Crippen molar-refractivity contribution >= 4 is 11.5 Å². The number of nitrogens with two attached hydrogens (primary N) is 1. The van der Waals surface area contributed by atoms with Crippen molar-refractivity contribution in [2.75, 3.05) is 11.9 Å². The Morgan fingerprint density at radius 2 is 2.00 bits per heavy atom. The van der Waals surface area contributed by atoms with Crippen LogP contribution in [0.4, 0.5) is 5.82 Å². The number of nitrogens with zero attached hydrogens (tertiary/aromatic N) is 3. The zero-order valence-corrected chi connectivity index (χ0v) is 11.1. The van der Waals surface area contributed by atoms with E-state index < -0.39 is 0 Å². The lowest BCUT2D eigenvalue weighted by molar-refractivity contribution is 0.674. The summed E-state index contributed by atoms with van der Waals surface area (Å²) in [6.07, 6.45) is 4.48. The maximum Gasteiger partial charge on any atom is 0.157 e. The van der Waals surface area contributed by atoms with E-state index in [9.17, 15) is 0 Å². The second-order valence-electron chi connectivity index (χ2n) is 4.68. The van der Waals surface area contributed by atoms with Crippen LogP contribution in [0.15, 0.2) is 54.9 Å². The molecule has 0 bridgehead atoms. The van der Waals surface area contributed by atoms with Crippen LogP contribution in [0.3, 0.4) is 0 Å². The van der Waals surface area contributed by atoms with Gasteiger partial charge in [0.1, 0.15) is 5.82 Å². The smallest absolute Gasteiger partial charge is 0.157 e. The van der Waals surface area contributed by atoms with Gasteiger partial charge in [-0.2, -0.15) is 5.10 Å². The van der Waals surface area contributed by atoms with Gasteiger partial charge in [-0.15, -0.1) is 0 Å². The van der Waals surface area contributed by atoms with Gasteiger partial charge in [-0.25, -0.2) is 9.50 Å². The minimum absolute atomic E-state index is 0.0439. The van der Waals surface area contributed by atoms with E-state index in [0.29, 0.717) is 0 Å². The lowest BCUT2D eigenvalue weighted by Gasteiger charge is -2.12. The van der Waals surface area contributed by atoms with E-state index in [0.717, 1.165) is 30.0 Å². The number of rotatable bonds is 5. The van der Waals surface area contributed by atoms with Crippen LogP contribution in [0.2, 0.25) is 0 Å². The highest BCUT2D eigenvalue weighted by Gasteiger charge is 2.05. The summed E-state index contributed by atoms with van der Waals surface area (Å²) >= 11 is 0. The predicted octanol–water partition coefficient (Wildman–Crippen LogP) is 2.23. The molecule has 0 aliphatic rings. The van der Waals surface area contributed by atoms with E-state index in [1.54, 1.807) is 10.7 Å². The molecular weight excluding hydrogens is 250 g/mol. The van der Waals surface area contributed by atoms with Crippen molar-refractivity contribution in [2.24, 2.45) is 5.73 Å². The predicted molar refractivity (Wildman–Crippen MR) is 79.5 cm³/mol. The molecule has 3 aromatic rings. The number of fused-ring (bicyclic) bond motifs is 1. The topological polar surface area (TPSA) is 68.2 Å². The zero-order valence-electron chi connectivity index (χ0n) is 11.1. The second-order valence-corrected chi connectivity index (χ2v) is 4.68. The third-order valence-electron chi connectivity index (χ3n) is 3.25. The molecule has 0 aliphatic carbocycles. The molecule has 5 nitrogen and oxygen atoms in total. The van der Waals surface area contributed by atoms with Crippen LogP contribution in [0.25, 0.3) is 5.65 Å². The molecule has 102 valence electrons. The first-order chi connectivity index (χ1) is 9.83. The van der Waals surface area contributed by atoms with E-state index in [4.69, 9.17) is 5.73 Å². The summed E-state index contributed by atoms with van der Waals surface area (Å²) in [5, 5.41) is 7.41. The molecule has 5 heteroatoms. The summed E-state index contributed by atoms with van der Waals surface area (Å²) in [5.74, 6) is 0.846. The summed E-state index contributed by atoms with van der Waals surface area (Å²) in [5.41, 5.74) is 8.15. The SMILES string of the molecule is NC(CCNc1ccn2nccc2n1)c1ccccc1. The van der Waals surface area contributed by atoms with Gasteiger partial charge in [0.25, 0.3) is 0 Å². The summed E-state index contributed by atoms with van der Waals surface area (Å²) in [7, 11) is 0. The summed E-state index contributed by atoms with van der Waals surface area (Å²) < 4.78 is 1.74. The van der Waals surface area contributed by atoms with Crippen LogP contribution in [0, 0.1) is 0 Å². The van der Waals surface area contributed by atoms with E-state index in [1.807, 2.05) is 36.5 Å². The second kappa shape index (κ2) is 5.71. The number of hydrogen-bond acceptors (Lipinski definition) is 4. The minimum atomic E-state index is 0.0439. The fourth-order valence-corrected chi connectivity index (χ4v) is 2.13. The third-order valence-corrected chi connectivity index (χ3v) is 3.25. The van der Waals surface area contributed by atoms with Crippen molar-refractivity contribution in [1.29, 1.82) is 0 Å². The summed E-state index contributed by atoms with van der Waals surface area (Å²) in [6, 6.07) is 14.0. The minimum Gasteiger partial charge on any atom is -0.370 e. The van der Waals surface area contributed by atoms with Gasteiger partial charge >= 0.3 is 0 Å². The quantitative estimate of drug-likeness (QED) is 0.744. The van der Waals surface area contributed by atoms with Gasteiger partial charge in [0, 0.05) is 24.8 Å². The van der Waals surface area contributed by atoms with E-state index in [1.165, 1.54) is 0 Å². The van der Waals surface area contributed by atoms with Crippen LogP contribution in [0.5, 0.6) is 0 Å². The van der Waals surface area contributed by atoms with Crippen LogP contribution in [-0.4, -0.2) is 21.1 Å². The fraction of sp³-hybridized carbons (Fsp3) is 0.200. The Bertz CT molecular complexity index is 677. The van der Waals surface area contributed by atoms with Crippen LogP contribution < -0.4 is 11.1 Å². The maximum absolute atomic E-state index is 6.16. The molecule has 1 atom stereocenters. The Labute approximate surface area is 117 Å². The highest BCUT2D eigenvalue weighted by molar-refractivity contribution is 5.45. The van der Waals surface area contributed by atoms with Gasteiger partial charge < -0.3 is 11.1 Å². The average molecular weight is 267 g/mol. The lowest BCUT2D eigenvalue weighted by atomic mass is 10.1. The van der Waals surface area contributed by atoms with Crippen molar-refractivity contribution in [3.8, 4) is 0 Å². The van der Waals surface area contributed by atoms with Gasteiger partial charge in [-0.3, -0.25) is 0 Å². The van der Waals surface area contributed by atoms with Gasteiger partial charge in [-0.1, -0.05) is 30.3 Å². The Balaban J connectivity index is 1.57. The largest absolute Gasteiger partial charge is 0.370 e. The molecule has 20 heavy (non-hydrogen) atoms. The monoisotopic (exact) mass is 267 g/mol. The number of nitrogens with one attached hydrogen (secondary N) is 1. The first-order valence-electron chi connectivity index (χ1n) is 6.68. The highest BCUT2D eigenvalue weighted by atomic mass is 15.2. The van der Waals surface area contributed by atoms with Crippen molar-refractivity contribution in [1.82, 2.24) is 14.6 Å². The number of aromatic nitrogens is 3. The number of hydrogen-bond donors (Lipinski definition) is 2. The fourth-order valence-electron chi connectivity index (χ4n) is 2.13. The standard InChI is InChI=1S/C15H17N5/c16-13(12-4-2-1-3-5-12)6-9-17-14-8-11-20-15(19-14)7-10-18-20/h1-5,7-8,10-11,13H,6,9,16H2,(H,17,19). The molecule has 0 fully saturated rings. The van der Waals surface area contributed by atoms with E-state index in [-0.39, 0.29) is 6.04 Å². The molecule has 0 aliphatic heterocycles. The number of anilines is 1. The van der Waals surface area contributed by atoms with Crippen molar-refractivity contribution < 1.29 is 0 Å². The third kappa shape index (κ3) is 2.78. The molecule has 1 unspecified atom stereocenters. The van der Waals surface area contributed by atoms with Gasteiger partial charge in [-0.05, 0) is 18.1 Å². The zero-order chi connectivity index (χ0) is 13.8. The molecule has 3 N–H and O–H groups in total. The van der Waals surface area contributed by atoms with E-state index in [2.05, 4.69) is 27.5 Å². The first kappa shape index (κ1) is 12.6. The molecule has 3 rings (SSSR count). The molecule has 0 amide bonds. The Morgan fingerprint density at radius 1 is 1.15 bits per heavy atom. The first-order valence-corrected chi connectivity index (χ1v) is 6.68. The van der Waals surface area contributed by atoms with Crippen LogP contribution in [0.1, 0.15) is 18.0 Å². The molecule has 0 radical (unpaired) electrons. The molecular formula is C15H17N5. The Hall–Kier alpha value is -2.40. The highest BCUT2D eigenvalue weighted by Crippen LogP contribution is 2.13. The maximum atomic E-state index is 6.16. The Morgan fingerprint density at radius 3 is 2.85 bits per heavy atom. The van der Waals surface area contributed by atoms with Gasteiger partial charge in [0.2, 0.25) is 0 Å². The molecule has 2 heterocycles.